The van der Waals surface area contributed by atoms with Crippen molar-refractivity contribution in [3.8, 4) is 0 Å². The van der Waals surface area contributed by atoms with E-state index in [0.717, 1.165) is 6.42 Å². The summed E-state index contributed by atoms with van der Waals surface area (Å²) in [6.07, 6.45) is 5.89. The Hall–Kier alpha value is -0.130. The highest BCUT2D eigenvalue weighted by Gasteiger charge is 2.04. The van der Waals surface area contributed by atoms with Crippen LogP contribution in [0, 0.1) is 0 Å². The molecule has 0 spiro atoms. The summed E-state index contributed by atoms with van der Waals surface area (Å²) >= 11 is 0. The third-order valence-corrected chi connectivity index (χ3v) is 3.05. The Balaban J connectivity index is 3.54. The van der Waals surface area contributed by atoms with E-state index in [2.05, 4.69) is 23.9 Å². The Morgan fingerprint density at radius 1 is 1.20 bits per heavy atom. The summed E-state index contributed by atoms with van der Waals surface area (Å²) in [4.78, 5) is 0. The predicted octanol–water partition coefficient (Wildman–Crippen LogP) is 1.09. The fourth-order valence-electron chi connectivity index (χ4n) is 1.41. The molecule has 0 radical (unpaired) electrons. The molecule has 0 aromatic carbocycles. The first-order valence-corrected chi connectivity index (χ1v) is 7.56. The molecule has 2 N–H and O–H groups in total. The molecule has 4 nitrogen and oxygen atoms in total. The van der Waals surface area contributed by atoms with Crippen LogP contribution in [0.5, 0.6) is 0 Å². The standard InChI is InChI=1S/C10H24N2O2S/c1-4-6-7-10(5-2)11-8-9-12-15(3,13)14/h10-12H,4-9H2,1-3H3. The van der Waals surface area contributed by atoms with Crippen LogP contribution >= 0.6 is 0 Å². The number of hydrogen-bond acceptors (Lipinski definition) is 3. The van der Waals surface area contributed by atoms with Crippen molar-refractivity contribution in [3.63, 3.8) is 0 Å². The highest BCUT2D eigenvalue weighted by Crippen LogP contribution is 2.03. The third kappa shape index (κ3) is 10.2. The summed E-state index contributed by atoms with van der Waals surface area (Å²) in [5.74, 6) is 0. The maximum Gasteiger partial charge on any atom is 0.208 e. The van der Waals surface area contributed by atoms with Gasteiger partial charge in [-0.15, -0.1) is 0 Å². The van der Waals surface area contributed by atoms with Gasteiger partial charge in [-0.2, -0.15) is 0 Å². The van der Waals surface area contributed by atoms with Crippen LogP contribution in [-0.2, 0) is 10.0 Å². The molecule has 5 heteroatoms. The Morgan fingerprint density at radius 2 is 1.87 bits per heavy atom. The molecule has 92 valence electrons. The molecule has 0 fully saturated rings. The molecular weight excluding hydrogens is 212 g/mol. The van der Waals surface area contributed by atoms with Gasteiger partial charge in [-0.1, -0.05) is 26.7 Å². The topological polar surface area (TPSA) is 58.2 Å². The van der Waals surface area contributed by atoms with E-state index in [0.29, 0.717) is 19.1 Å². The van der Waals surface area contributed by atoms with E-state index in [1.54, 1.807) is 0 Å². The van der Waals surface area contributed by atoms with Gasteiger partial charge in [0.25, 0.3) is 0 Å². The zero-order chi connectivity index (χ0) is 11.7. The number of nitrogens with one attached hydrogen (secondary N) is 2. The smallest absolute Gasteiger partial charge is 0.208 e. The Bertz CT molecular complexity index is 240. The quantitative estimate of drug-likeness (QED) is 0.589. The van der Waals surface area contributed by atoms with Gasteiger partial charge >= 0.3 is 0 Å². The number of hydrogen-bond donors (Lipinski definition) is 2. The molecule has 0 bridgehead atoms. The summed E-state index contributed by atoms with van der Waals surface area (Å²) in [6, 6.07) is 0.520. The summed E-state index contributed by atoms with van der Waals surface area (Å²) in [7, 11) is -3.04. The minimum atomic E-state index is -3.04. The summed E-state index contributed by atoms with van der Waals surface area (Å²) in [5, 5.41) is 3.35. The molecule has 0 aliphatic carbocycles. The van der Waals surface area contributed by atoms with E-state index in [4.69, 9.17) is 0 Å². The Kier molecular flexibility index (Phi) is 8.00. The molecule has 1 atom stereocenters. The van der Waals surface area contributed by atoms with Gasteiger partial charge < -0.3 is 5.32 Å². The molecule has 15 heavy (non-hydrogen) atoms. The predicted molar refractivity (Wildman–Crippen MR) is 64.5 cm³/mol. The zero-order valence-electron chi connectivity index (χ0n) is 10.0. The first-order valence-electron chi connectivity index (χ1n) is 5.67. The lowest BCUT2D eigenvalue weighted by molar-refractivity contribution is 0.454. The summed E-state index contributed by atoms with van der Waals surface area (Å²) in [6.45, 7) is 5.51. The molecule has 1 unspecified atom stereocenters. The van der Waals surface area contributed by atoms with Crippen LogP contribution in [0.2, 0.25) is 0 Å². The van der Waals surface area contributed by atoms with E-state index >= 15 is 0 Å². The van der Waals surface area contributed by atoms with Crippen LogP contribution in [0.1, 0.15) is 39.5 Å². The van der Waals surface area contributed by atoms with Crippen LogP contribution in [0.25, 0.3) is 0 Å². The van der Waals surface area contributed by atoms with E-state index in [1.165, 1.54) is 25.5 Å². The molecule has 0 aliphatic rings. The molecule has 0 rings (SSSR count). The summed E-state index contributed by atoms with van der Waals surface area (Å²) < 4.78 is 24.0. The maximum absolute atomic E-state index is 10.8. The lowest BCUT2D eigenvalue weighted by atomic mass is 10.1. The second-order valence-corrected chi connectivity index (χ2v) is 5.70. The van der Waals surface area contributed by atoms with E-state index in [9.17, 15) is 8.42 Å². The molecule has 0 aromatic heterocycles. The molecule has 0 aromatic rings. The lowest BCUT2D eigenvalue weighted by Gasteiger charge is -2.16. The second kappa shape index (κ2) is 8.07. The van der Waals surface area contributed by atoms with Gasteiger partial charge in [-0.05, 0) is 12.8 Å². The fraction of sp³-hybridized carbons (Fsp3) is 1.00. The highest BCUT2D eigenvalue weighted by molar-refractivity contribution is 7.88. The van der Waals surface area contributed by atoms with Gasteiger partial charge in [-0.3, -0.25) is 0 Å². The SMILES string of the molecule is CCCCC(CC)NCCNS(C)(=O)=O. The number of unbranched alkanes of at least 4 members (excludes halogenated alkanes) is 1. The average Bonchev–Trinajstić information content (AvgIpc) is 2.15. The van der Waals surface area contributed by atoms with Gasteiger partial charge in [0, 0.05) is 19.1 Å². The molecule has 0 aliphatic heterocycles. The normalized spacial score (nSPS) is 14.1. The van der Waals surface area contributed by atoms with Crippen LogP contribution in [0.3, 0.4) is 0 Å². The van der Waals surface area contributed by atoms with Crippen molar-refractivity contribution in [2.24, 2.45) is 0 Å². The monoisotopic (exact) mass is 236 g/mol. The first kappa shape index (κ1) is 14.9. The number of sulfonamides is 1. The van der Waals surface area contributed by atoms with E-state index < -0.39 is 10.0 Å². The van der Waals surface area contributed by atoms with Crippen molar-refractivity contribution in [1.29, 1.82) is 0 Å². The summed E-state index contributed by atoms with van der Waals surface area (Å²) in [5.41, 5.74) is 0. The van der Waals surface area contributed by atoms with Crippen LogP contribution in [0.4, 0.5) is 0 Å². The maximum atomic E-state index is 10.8. The fourth-order valence-corrected chi connectivity index (χ4v) is 1.89. The number of rotatable bonds is 9. The second-order valence-electron chi connectivity index (χ2n) is 3.87. The van der Waals surface area contributed by atoms with Gasteiger partial charge in [0.1, 0.15) is 0 Å². The minimum absolute atomic E-state index is 0.474. The van der Waals surface area contributed by atoms with Crippen molar-refractivity contribution < 1.29 is 8.42 Å². The molecule has 0 amide bonds. The van der Waals surface area contributed by atoms with Crippen molar-refractivity contribution in [3.05, 3.63) is 0 Å². The molecule has 0 heterocycles. The van der Waals surface area contributed by atoms with E-state index in [-0.39, 0.29) is 0 Å². The van der Waals surface area contributed by atoms with E-state index in [1.807, 2.05) is 0 Å². The van der Waals surface area contributed by atoms with Gasteiger partial charge in [0.2, 0.25) is 10.0 Å². The lowest BCUT2D eigenvalue weighted by Crippen LogP contribution is -2.36. The van der Waals surface area contributed by atoms with Crippen LogP contribution in [0.15, 0.2) is 0 Å². The first-order chi connectivity index (χ1) is 6.99. The Labute approximate surface area is 93.9 Å². The van der Waals surface area contributed by atoms with Gasteiger partial charge in [0.15, 0.2) is 0 Å². The minimum Gasteiger partial charge on any atom is -0.313 e. The van der Waals surface area contributed by atoms with Gasteiger partial charge in [0.05, 0.1) is 6.26 Å². The van der Waals surface area contributed by atoms with Crippen molar-refractivity contribution in [1.82, 2.24) is 10.0 Å². The third-order valence-electron chi connectivity index (χ3n) is 2.32. The highest BCUT2D eigenvalue weighted by atomic mass is 32.2. The van der Waals surface area contributed by atoms with Crippen LogP contribution in [-0.4, -0.2) is 33.8 Å². The van der Waals surface area contributed by atoms with Gasteiger partial charge in [-0.25, -0.2) is 13.1 Å². The molecule has 0 saturated carbocycles. The average molecular weight is 236 g/mol. The van der Waals surface area contributed by atoms with Crippen molar-refractivity contribution >= 4 is 10.0 Å². The van der Waals surface area contributed by atoms with Crippen LogP contribution < -0.4 is 10.0 Å². The van der Waals surface area contributed by atoms with Crippen molar-refractivity contribution in [2.45, 2.75) is 45.6 Å². The largest absolute Gasteiger partial charge is 0.313 e. The molecule has 0 saturated heterocycles. The Morgan fingerprint density at radius 3 is 2.33 bits per heavy atom. The zero-order valence-corrected chi connectivity index (χ0v) is 10.9. The molecular formula is C10H24N2O2S. The van der Waals surface area contributed by atoms with Crippen molar-refractivity contribution in [2.75, 3.05) is 19.3 Å².